The van der Waals surface area contributed by atoms with E-state index in [1.165, 1.54) is 16.7 Å². The zero-order chi connectivity index (χ0) is 14.0. The van der Waals surface area contributed by atoms with E-state index in [-0.39, 0.29) is 11.6 Å². The lowest BCUT2D eigenvalue weighted by atomic mass is 9.94. The van der Waals surface area contributed by atoms with E-state index in [4.69, 9.17) is 10.5 Å². The zero-order valence-corrected chi connectivity index (χ0v) is 12.6. The van der Waals surface area contributed by atoms with Gasteiger partial charge in [0.1, 0.15) is 0 Å². The molecule has 0 bridgehead atoms. The highest BCUT2D eigenvalue weighted by Crippen LogP contribution is 2.30. The van der Waals surface area contributed by atoms with Crippen LogP contribution in [0.3, 0.4) is 0 Å². The molecule has 0 saturated carbocycles. The number of ether oxygens (including phenoxy) is 1. The molecule has 1 aliphatic rings. The maximum Gasteiger partial charge on any atom is 0.0645 e. The monoisotopic (exact) mass is 262 g/mol. The summed E-state index contributed by atoms with van der Waals surface area (Å²) < 4.78 is 5.61. The Bertz CT molecular complexity index is 442. The van der Waals surface area contributed by atoms with Crippen LogP contribution in [-0.2, 0) is 4.74 Å². The normalized spacial score (nSPS) is 21.3. The highest BCUT2D eigenvalue weighted by atomic mass is 16.5. The second-order valence-corrected chi connectivity index (χ2v) is 6.15. The van der Waals surface area contributed by atoms with Gasteiger partial charge in [0.2, 0.25) is 0 Å². The van der Waals surface area contributed by atoms with E-state index in [0.717, 1.165) is 19.8 Å². The van der Waals surface area contributed by atoms with Crippen LogP contribution in [0.5, 0.6) is 0 Å². The molecule has 3 nitrogen and oxygen atoms in total. The van der Waals surface area contributed by atoms with Gasteiger partial charge in [-0.15, -0.1) is 0 Å². The number of aryl methyl sites for hydroxylation is 2. The summed E-state index contributed by atoms with van der Waals surface area (Å²) >= 11 is 0. The Labute approximate surface area is 116 Å². The van der Waals surface area contributed by atoms with Gasteiger partial charge in [-0.1, -0.05) is 18.2 Å². The summed E-state index contributed by atoms with van der Waals surface area (Å²) in [4.78, 5) is 2.49. The van der Waals surface area contributed by atoms with Crippen molar-refractivity contribution in [3.63, 3.8) is 0 Å². The molecule has 0 spiro atoms. The van der Waals surface area contributed by atoms with Gasteiger partial charge in [0.05, 0.1) is 13.2 Å². The molecule has 0 radical (unpaired) electrons. The fourth-order valence-corrected chi connectivity index (χ4v) is 2.86. The van der Waals surface area contributed by atoms with Gasteiger partial charge in [0.25, 0.3) is 0 Å². The van der Waals surface area contributed by atoms with Crippen molar-refractivity contribution in [3.05, 3.63) is 34.9 Å². The molecule has 1 saturated heterocycles. The van der Waals surface area contributed by atoms with Gasteiger partial charge in [0.15, 0.2) is 0 Å². The summed E-state index contributed by atoms with van der Waals surface area (Å²) in [6, 6.07) is 6.96. The van der Waals surface area contributed by atoms with Gasteiger partial charge in [-0.05, 0) is 44.4 Å². The molecule has 2 N–H and O–H groups in total. The molecule has 1 atom stereocenters. The van der Waals surface area contributed by atoms with Crippen LogP contribution in [0.1, 0.15) is 36.6 Å². The number of rotatable bonds is 3. The van der Waals surface area contributed by atoms with Gasteiger partial charge in [0, 0.05) is 24.7 Å². The first-order valence-corrected chi connectivity index (χ1v) is 7.07. The molecule has 1 aromatic carbocycles. The topological polar surface area (TPSA) is 38.5 Å². The minimum absolute atomic E-state index is 0.0427. The lowest BCUT2D eigenvalue weighted by molar-refractivity contribution is -0.0712. The van der Waals surface area contributed by atoms with Crippen molar-refractivity contribution in [3.8, 4) is 0 Å². The smallest absolute Gasteiger partial charge is 0.0645 e. The van der Waals surface area contributed by atoms with Crippen LogP contribution in [0.2, 0.25) is 0 Å². The van der Waals surface area contributed by atoms with E-state index in [0.29, 0.717) is 6.54 Å². The number of hydrogen-bond acceptors (Lipinski definition) is 3. The fourth-order valence-electron chi connectivity index (χ4n) is 2.86. The van der Waals surface area contributed by atoms with Crippen molar-refractivity contribution in [2.24, 2.45) is 5.73 Å². The lowest BCUT2D eigenvalue weighted by Gasteiger charge is -2.46. The Morgan fingerprint density at radius 3 is 2.63 bits per heavy atom. The molecule has 19 heavy (non-hydrogen) atoms. The second kappa shape index (κ2) is 5.61. The Morgan fingerprint density at radius 1 is 1.32 bits per heavy atom. The number of nitrogens with zero attached hydrogens (tertiary/aromatic N) is 1. The summed E-state index contributed by atoms with van der Waals surface area (Å²) in [5.41, 5.74) is 10.1. The Hall–Kier alpha value is -0.900. The summed E-state index contributed by atoms with van der Waals surface area (Å²) in [5.74, 6) is 0. The van der Waals surface area contributed by atoms with Crippen molar-refractivity contribution in [2.45, 2.75) is 39.3 Å². The molecule has 2 rings (SSSR count). The maximum absolute atomic E-state index is 6.06. The van der Waals surface area contributed by atoms with Crippen LogP contribution in [-0.4, -0.2) is 36.7 Å². The number of nitrogens with two attached hydrogens (primary N) is 1. The molecule has 0 amide bonds. The van der Waals surface area contributed by atoms with Gasteiger partial charge in [-0.2, -0.15) is 0 Å². The number of hydrogen-bond donors (Lipinski definition) is 1. The molecule has 1 aromatic rings. The molecule has 106 valence electrons. The fraction of sp³-hybridized carbons (Fsp3) is 0.625. The van der Waals surface area contributed by atoms with Gasteiger partial charge in [-0.3, -0.25) is 4.90 Å². The maximum atomic E-state index is 6.06. The van der Waals surface area contributed by atoms with Gasteiger partial charge < -0.3 is 10.5 Å². The quantitative estimate of drug-likeness (QED) is 0.909. The van der Waals surface area contributed by atoms with Crippen molar-refractivity contribution in [1.29, 1.82) is 0 Å². The summed E-state index contributed by atoms with van der Waals surface area (Å²) in [7, 11) is 0. The molecule has 0 aromatic heterocycles. The zero-order valence-electron chi connectivity index (χ0n) is 12.6. The largest absolute Gasteiger partial charge is 0.378 e. The predicted molar refractivity (Wildman–Crippen MR) is 79.3 cm³/mol. The standard InChI is InChI=1S/C16H26N2O/c1-12-5-6-14(9-13(12)2)15(10-17)18-7-8-19-11-16(18,3)4/h5-6,9,15H,7-8,10-11,17H2,1-4H3. The van der Waals surface area contributed by atoms with Crippen LogP contribution >= 0.6 is 0 Å². The molecule has 0 aliphatic carbocycles. The van der Waals surface area contributed by atoms with Crippen molar-refractivity contribution < 1.29 is 4.74 Å². The molecular weight excluding hydrogens is 236 g/mol. The van der Waals surface area contributed by atoms with Gasteiger partial charge >= 0.3 is 0 Å². The Morgan fingerprint density at radius 2 is 2.05 bits per heavy atom. The van der Waals surface area contributed by atoms with Crippen molar-refractivity contribution >= 4 is 0 Å². The van der Waals surface area contributed by atoms with Crippen LogP contribution in [0, 0.1) is 13.8 Å². The third-order valence-corrected chi connectivity index (χ3v) is 4.22. The number of morpholine rings is 1. The average Bonchev–Trinajstić information content (AvgIpc) is 2.36. The molecule has 3 heteroatoms. The average molecular weight is 262 g/mol. The highest BCUT2D eigenvalue weighted by molar-refractivity contribution is 5.32. The van der Waals surface area contributed by atoms with Gasteiger partial charge in [-0.25, -0.2) is 0 Å². The van der Waals surface area contributed by atoms with E-state index in [1.807, 2.05) is 0 Å². The summed E-state index contributed by atoms with van der Waals surface area (Å²) in [6.07, 6.45) is 0. The molecular formula is C16H26N2O. The van der Waals surface area contributed by atoms with E-state index in [2.05, 4.69) is 50.8 Å². The molecule has 1 aliphatic heterocycles. The molecule has 1 fully saturated rings. The van der Waals surface area contributed by atoms with Crippen LogP contribution < -0.4 is 5.73 Å². The van der Waals surface area contributed by atoms with Crippen molar-refractivity contribution in [2.75, 3.05) is 26.3 Å². The predicted octanol–water partition coefficient (Wildman–Crippen LogP) is 2.41. The lowest BCUT2D eigenvalue weighted by Crippen LogP contribution is -2.55. The minimum Gasteiger partial charge on any atom is -0.378 e. The van der Waals surface area contributed by atoms with Crippen LogP contribution in [0.25, 0.3) is 0 Å². The first kappa shape index (κ1) is 14.5. The third-order valence-electron chi connectivity index (χ3n) is 4.22. The first-order valence-electron chi connectivity index (χ1n) is 7.07. The van der Waals surface area contributed by atoms with E-state index >= 15 is 0 Å². The van der Waals surface area contributed by atoms with Crippen LogP contribution in [0.15, 0.2) is 18.2 Å². The third kappa shape index (κ3) is 2.99. The highest BCUT2D eigenvalue weighted by Gasteiger charge is 2.35. The first-order chi connectivity index (χ1) is 8.95. The molecule has 1 heterocycles. The Balaban J connectivity index is 2.30. The van der Waals surface area contributed by atoms with Crippen LogP contribution in [0.4, 0.5) is 0 Å². The Kier molecular flexibility index (Phi) is 4.29. The summed E-state index contributed by atoms with van der Waals surface area (Å²) in [5, 5.41) is 0. The number of benzene rings is 1. The van der Waals surface area contributed by atoms with Crippen molar-refractivity contribution in [1.82, 2.24) is 4.90 Å². The second-order valence-electron chi connectivity index (χ2n) is 6.15. The van der Waals surface area contributed by atoms with E-state index < -0.39 is 0 Å². The van der Waals surface area contributed by atoms with E-state index in [1.54, 1.807) is 0 Å². The summed E-state index contributed by atoms with van der Waals surface area (Å²) in [6.45, 7) is 11.9. The van der Waals surface area contributed by atoms with E-state index in [9.17, 15) is 0 Å². The SMILES string of the molecule is Cc1ccc(C(CN)N2CCOCC2(C)C)cc1C. The minimum atomic E-state index is 0.0427. The molecule has 1 unspecified atom stereocenters.